The molecule has 3 nitrogen and oxygen atoms in total. The van der Waals surface area contributed by atoms with Gasteiger partial charge in [-0.2, -0.15) is 0 Å². The van der Waals surface area contributed by atoms with Gasteiger partial charge in [0.1, 0.15) is 0 Å². The Morgan fingerprint density at radius 3 is 1.65 bits per heavy atom. The zero-order chi connectivity index (χ0) is 16.3. The number of nitrogens with zero attached hydrogens (tertiary/aromatic N) is 1. The van der Waals surface area contributed by atoms with Gasteiger partial charge in [0.25, 0.3) is 0 Å². The second kappa shape index (κ2) is 11.6. The van der Waals surface area contributed by atoms with Crippen LogP contribution in [0.1, 0.15) is 41.5 Å². The summed E-state index contributed by atoms with van der Waals surface area (Å²) in [6, 6.07) is 0. The molecule has 0 saturated heterocycles. The molecule has 20 heavy (non-hydrogen) atoms. The third kappa shape index (κ3) is 14.8. The normalized spacial score (nSPS) is 10.8. The van der Waals surface area contributed by atoms with Crippen LogP contribution in [0.4, 0.5) is 0 Å². The van der Waals surface area contributed by atoms with Crippen molar-refractivity contribution < 1.29 is 9.59 Å². The predicted octanol–water partition coefficient (Wildman–Crippen LogP) is 3.51. The summed E-state index contributed by atoms with van der Waals surface area (Å²) in [6.07, 6.45) is 5.23. The molecule has 0 amide bonds. The summed E-state index contributed by atoms with van der Waals surface area (Å²) >= 11 is 0. The van der Waals surface area contributed by atoms with Crippen LogP contribution in [0.15, 0.2) is 23.8 Å². The molecule has 0 spiro atoms. The topological polar surface area (TPSA) is 37.4 Å². The van der Waals surface area contributed by atoms with E-state index in [1.54, 1.807) is 12.2 Å². The fourth-order valence-corrected chi connectivity index (χ4v) is 1.02. The van der Waals surface area contributed by atoms with E-state index in [9.17, 15) is 9.59 Å². The van der Waals surface area contributed by atoms with Gasteiger partial charge in [0, 0.05) is 18.4 Å². The summed E-state index contributed by atoms with van der Waals surface area (Å²) in [5.41, 5.74) is 1.08. The lowest BCUT2D eigenvalue weighted by molar-refractivity contribution is -0.118. The zero-order valence-corrected chi connectivity index (χ0v) is 14.4. The molecule has 3 heteroatoms. The first-order valence-corrected chi connectivity index (χ1v) is 7.11. The number of rotatable bonds is 6. The van der Waals surface area contributed by atoms with Crippen LogP contribution in [0.3, 0.4) is 0 Å². The van der Waals surface area contributed by atoms with E-state index in [2.05, 4.69) is 0 Å². The maximum absolute atomic E-state index is 11.0. The van der Waals surface area contributed by atoms with Crippen molar-refractivity contribution in [2.24, 2.45) is 11.8 Å². The standard InChI is InChI=1S/C9H17NO.C8H14O/c1-8(2)9(11)6-5-7-10(3)4;1-6(2)5-8(9)7(3)4/h5-6,8H,7H2,1-4H3;5,7H,1-4H3/b6-5+;. The van der Waals surface area contributed by atoms with Crippen LogP contribution >= 0.6 is 0 Å². The van der Waals surface area contributed by atoms with E-state index in [1.807, 2.05) is 66.6 Å². The molecular weight excluding hydrogens is 250 g/mol. The third-order valence-corrected chi connectivity index (χ3v) is 2.32. The Morgan fingerprint density at radius 2 is 1.40 bits per heavy atom. The van der Waals surface area contributed by atoms with Gasteiger partial charge in [0.05, 0.1) is 0 Å². The van der Waals surface area contributed by atoms with Crippen molar-refractivity contribution in [3.05, 3.63) is 23.8 Å². The summed E-state index contributed by atoms with van der Waals surface area (Å²) in [7, 11) is 3.95. The van der Waals surface area contributed by atoms with Gasteiger partial charge < -0.3 is 4.90 Å². The highest BCUT2D eigenvalue weighted by molar-refractivity contribution is 5.91. The number of carbonyl (C=O) groups excluding carboxylic acids is 2. The van der Waals surface area contributed by atoms with Crippen LogP contribution in [0.2, 0.25) is 0 Å². The molecule has 0 atom stereocenters. The zero-order valence-electron chi connectivity index (χ0n) is 14.4. The maximum Gasteiger partial charge on any atom is 0.158 e. The molecule has 0 bridgehead atoms. The van der Waals surface area contributed by atoms with Crippen LogP contribution in [0, 0.1) is 11.8 Å². The molecule has 0 aliphatic heterocycles. The second-order valence-electron chi connectivity index (χ2n) is 6.00. The fraction of sp³-hybridized carbons (Fsp3) is 0.647. The number of allylic oxidation sites excluding steroid dienone is 3. The molecule has 0 unspecified atom stereocenters. The number of hydrogen-bond acceptors (Lipinski definition) is 3. The van der Waals surface area contributed by atoms with Crippen LogP contribution in [-0.4, -0.2) is 37.1 Å². The van der Waals surface area contributed by atoms with Crippen molar-refractivity contribution in [2.75, 3.05) is 20.6 Å². The van der Waals surface area contributed by atoms with E-state index in [0.29, 0.717) is 0 Å². The Balaban J connectivity index is 0. The number of likely N-dealkylation sites (N-methyl/N-ethyl adjacent to an activating group) is 1. The molecule has 0 aromatic heterocycles. The average molecular weight is 281 g/mol. The first kappa shape index (κ1) is 21.1. The van der Waals surface area contributed by atoms with Gasteiger partial charge in [0.15, 0.2) is 11.6 Å². The third-order valence-electron chi connectivity index (χ3n) is 2.32. The highest BCUT2D eigenvalue weighted by Crippen LogP contribution is 1.98. The van der Waals surface area contributed by atoms with E-state index < -0.39 is 0 Å². The quantitative estimate of drug-likeness (QED) is 0.699. The lowest BCUT2D eigenvalue weighted by Gasteiger charge is -2.03. The van der Waals surface area contributed by atoms with Gasteiger partial charge in [-0.25, -0.2) is 0 Å². The van der Waals surface area contributed by atoms with E-state index in [4.69, 9.17) is 0 Å². The Bertz CT molecular complexity index is 346. The largest absolute Gasteiger partial charge is 0.306 e. The lowest BCUT2D eigenvalue weighted by atomic mass is 10.1. The van der Waals surface area contributed by atoms with Gasteiger partial charge in [-0.05, 0) is 40.1 Å². The minimum atomic E-state index is 0.119. The highest BCUT2D eigenvalue weighted by Gasteiger charge is 2.01. The van der Waals surface area contributed by atoms with Crippen molar-refractivity contribution in [3.8, 4) is 0 Å². The molecule has 0 saturated carbocycles. The average Bonchev–Trinajstić information content (AvgIpc) is 2.27. The summed E-state index contributed by atoms with van der Waals surface area (Å²) < 4.78 is 0. The van der Waals surface area contributed by atoms with Crippen molar-refractivity contribution in [1.82, 2.24) is 4.90 Å². The van der Waals surface area contributed by atoms with Gasteiger partial charge in [-0.1, -0.05) is 39.3 Å². The van der Waals surface area contributed by atoms with Gasteiger partial charge >= 0.3 is 0 Å². The predicted molar refractivity (Wildman–Crippen MR) is 86.8 cm³/mol. The summed E-state index contributed by atoms with van der Waals surface area (Å²) in [5.74, 6) is 0.676. The molecule has 0 aliphatic carbocycles. The van der Waals surface area contributed by atoms with Crippen molar-refractivity contribution >= 4 is 11.6 Å². The monoisotopic (exact) mass is 281 g/mol. The van der Waals surface area contributed by atoms with Crippen molar-refractivity contribution in [2.45, 2.75) is 41.5 Å². The summed E-state index contributed by atoms with van der Waals surface area (Å²) in [6.45, 7) is 12.3. The molecule has 0 heterocycles. The van der Waals surface area contributed by atoms with Crippen LogP contribution < -0.4 is 0 Å². The molecular formula is C17H31NO2. The molecule has 0 rings (SSSR count). The van der Waals surface area contributed by atoms with E-state index in [1.165, 1.54) is 0 Å². The SMILES string of the molecule is CC(C)=CC(=O)C(C)C.CC(C)C(=O)/C=C/CN(C)C. The molecule has 0 radical (unpaired) electrons. The second-order valence-corrected chi connectivity index (χ2v) is 6.00. The Kier molecular flexibility index (Phi) is 12.2. The fourth-order valence-electron chi connectivity index (χ4n) is 1.02. The van der Waals surface area contributed by atoms with Crippen LogP contribution in [0.5, 0.6) is 0 Å². The molecule has 0 aromatic carbocycles. The smallest absolute Gasteiger partial charge is 0.158 e. The van der Waals surface area contributed by atoms with Crippen LogP contribution in [-0.2, 0) is 9.59 Å². The summed E-state index contributed by atoms with van der Waals surface area (Å²) in [4.78, 5) is 23.9. The Morgan fingerprint density at radius 1 is 0.950 bits per heavy atom. The van der Waals surface area contributed by atoms with Crippen LogP contribution in [0.25, 0.3) is 0 Å². The Labute approximate surface area is 124 Å². The van der Waals surface area contributed by atoms with Crippen molar-refractivity contribution in [1.29, 1.82) is 0 Å². The van der Waals surface area contributed by atoms with Crippen molar-refractivity contribution in [3.63, 3.8) is 0 Å². The van der Waals surface area contributed by atoms with E-state index in [0.717, 1.165) is 12.1 Å². The molecule has 0 fully saturated rings. The highest BCUT2D eigenvalue weighted by atomic mass is 16.1. The lowest BCUT2D eigenvalue weighted by Crippen LogP contribution is -2.11. The minimum absolute atomic E-state index is 0.119. The van der Waals surface area contributed by atoms with Gasteiger partial charge in [0.2, 0.25) is 0 Å². The molecule has 116 valence electrons. The summed E-state index contributed by atoms with van der Waals surface area (Å²) in [5, 5.41) is 0. The maximum atomic E-state index is 11.0. The molecule has 0 aliphatic rings. The van der Waals surface area contributed by atoms with Gasteiger partial charge in [-0.15, -0.1) is 0 Å². The van der Waals surface area contributed by atoms with E-state index >= 15 is 0 Å². The molecule has 0 aromatic rings. The minimum Gasteiger partial charge on any atom is -0.306 e. The van der Waals surface area contributed by atoms with Gasteiger partial charge in [-0.3, -0.25) is 9.59 Å². The first-order valence-electron chi connectivity index (χ1n) is 7.11. The molecule has 0 N–H and O–H groups in total. The van der Waals surface area contributed by atoms with E-state index in [-0.39, 0.29) is 23.4 Å². The number of ketones is 2. The number of hydrogen-bond donors (Lipinski definition) is 0. The number of carbonyl (C=O) groups is 2. The first-order chi connectivity index (χ1) is 9.07. The Hall–Kier alpha value is -1.22.